The molecule has 0 bridgehead atoms. The van der Waals surface area contributed by atoms with Crippen LogP contribution in [0.4, 0.5) is 9.59 Å². The smallest absolute Gasteiger partial charge is 0.420 e. The number of imide groups is 1. The topological polar surface area (TPSA) is 108 Å². The van der Waals surface area contributed by atoms with Gasteiger partial charge in [0, 0.05) is 0 Å². The third kappa shape index (κ3) is 12.8. The van der Waals surface area contributed by atoms with E-state index in [1.807, 2.05) is 0 Å². The Bertz CT molecular complexity index is 704. The molecule has 0 N–H and O–H groups in total. The molecule has 0 aliphatic heterocycles. The number of carbonyl (C=O) groups excluding carboxylic acids is 4. The molecule has 2 amide bonds. The molecule has 0 aromatic rings. The molecule has 0 aliphatic carbocycles. The van der Waals surface area contributed by atoms with Gasteiger partial charge in [-0.25, -0.2) is 14.4 Å². The highest BCUT2D eigenvalue weighted by Gasteiger charge is 2.43. The molecule has 0 rings (SSSR count). The summed E-state index contributed by atoms with van der Waals surface area (Å²) < 4.78 is 21.7. The van der Waals surface area contributed by atoms with Crippen molar-refractivity contribution in [2.24, 2.45) is 11.3 Å². The summed E-state index contributed by atoms with van der Waals surface area (Å²) in [4.78, 5) is 52.2. The van der Waals surface area contributed by atoms with E-state index in [1.54, 1.807) is 90.0 Å². The molecule has 0 saturated heterocycles. The van der Waals surface area contributed by atoms with Crippen LogP contribution in [-0.2, 0) is 28.5 Å². The maximum absolute atomic E-state index is 13.2. The normalized spacial score (nSPS) is 14.5. The first-order valence-corrected chi connectivity index (χ1v) is 11.6. The van der Waals surface area contributed by atoms with Crippen LogP contribution in [-0.4, -0.2) is 58.5 Å². The Morgan fingerprint density at radius 3 is 1.38 bits per heavy atom. The lowest BCUT2D eigenvalue weighted by molar-refractivity contribution is -0.162. The Kier molecular flexibility index (Phi) is 10.6. The Morgan fingerprint density at radius 1 is 0.676 bits per heavy atom. The van der Waals surface area contributed by atoms with Crippen LogP contribution in [0.2, 0.25) is 0 Å². The highest BCUT2D eigenvalue weighted by Crippen LogP contribution is 2.24. The summed E-state index contributed by atoms with van der Waals surface area (Å²) in [6.07, 6.45) is -2.09. The van der Waals surface area contributed by atoms with Crippen molar-refractivity contribution in [2.75, 3.05) is 6.61 Å². The number of amides is 2. The number of carbonyl (C=O) groups is 4. The quantitative estimate of drug-likeness (QED) is 0.358. The zero-order valence-electron chi connectivity index (χ0n) is 23.3. The Balaban J connectivity index is 6.13. The van der Waals surface area contributed by atoms with Gasteiger partial charge >= 0.3 is 24.1 Å². The first kappa shape index (κ1) is 31.7. The molecular formula is C25H45NO8. The van der Waals surface area contributed by atoms with Gasteiger partial charge in [-0.05, 0) is 95.4 Å². The zero-order valence-corrected chi connectivity index (χ0v) is 23.3. The Morgan fingerprint density at radius 2 is 1.06 bits per heavy atom. The minimum absolute atomic E-state index is 0.00806. The predicted molar refractivity (Wildman–Crippen MR) is 128 cm³/mol. The minimum Gasteiger partial charge on any atom is -0.465 e. The first-order chi connectivity index (χ1) is 14.9. The second kappa shape index (κ2) is 11.4. The van der Waals surface area contributed by atoms with Gasteiger partial charge in [-0.3, -0.25) is 4.79 Å². The molecular weight excluding hydrogens is 442 g/mol. The highest BCUT2D eigenvalue weighted by atomic mass is 16.6. The predicted octanol–water partition coefficient (Wildman–Crippen LogP) is 5.48. The van der Waals surface area contributed by atoms with Gasteiger partial charge in [0.1, 0.15) is 22.8 Å². The fourth-order valence-electron chi connectivity index (χ4n) is 2.51. The molecule has 0 unspecified atom stereocenters. The van der Waals surface area contributed by atoms with Crippen LogP contribution in [0.3, 0.4) is 0 Å². The summed E-state index contributed by atoms with van der Waals surface area (Å²) in [5, 5.41) is 0. The lowest BCUT2D eigenvalue weighted by Gasteiger charge is -2.34. The zero-order chi connectivity index (χ0) is 27.3. The standard InChI is InChI=1S/C25H45NO8/c1-16(15-31-19(28)22(2,3)4)14-17(18(27)32-23(5,6)7)26(20(29)33-24(8,9)10)21(30)34-25(11,12)13/h16-17H,14-15H2,1-13H3/t16-,17-/m0/s1. The van der Waals surface area contributed by atoms with Crippen molar-refractivity contribution in [2.45, 2.75) is 119 Å². The van der Waals surface area contributed by atoms with E-state index in [0.29, 0.717) is 4.90 Å². The van der Waals surface area contributed by atoms with Gasteiger partial charge in [-0.2, -0.15) is 4.90 Å². The molecule has 0 aromatic heterocycles. The van der Waals surface area contributed by atoms with Crippen molar-refractivity contribution in [1.82, 2.24) is 4.90 Å². The van der Waals surface area contributed by atoms with E-state index in [4.69, 9.17) is 18.9 Å². The van der Waals surface area contributed by atoms with Gasteiger partial charge in [0.2, 0.25) is 0 Å². The highest BCUT2D eigenvalue weighted by molar-refractivity contribution is 5.94. The van der Waals surface area contributed by atoms with E-state index in [2.05, 4.69) is 0 Å². The Hall–Kier alpha value is -2.32. The summed E-state index contributed by atoms with van der Waals surface area (Å²) in [5.41, 5.74) is -3.42. The number of esters is 2. The third-order valence-electron chi connectivity index (χ3n) is 3.91. The molecule has 34 heavy (non-hydrogen) atoms. The van der Waals surface area contributed by atoms with Gasteiger partial charge in [0.15, 0.2) is 0 Å². The maximum Gasteiger partial charge on any atom is 0.420 e. The van der Waals surface area contributed by atoms with Crippen LogP contribution >= 0.6 is 0 Å². The maximum atomic E-state index is 13.2. The van der Waals surface area contributed by atoms with E-state index >= 15 is 0 Å². The number of nitrogens with zero attached hydrogens (tertiary/aromatic N) is 1. The molecule has 0 aromatic carbocycles. The molecule has 0 heterocycles. The van der Waals surface area contributed by atoms with Crippen molar-refractivity contribution < 1.29 is 38.1 Å². The fourth-order valence-corrected chi connectivity index (χ4v) is 2.51. The fraction of sp³-hybridized carbons (Fsp3) is 0.840. The molecule has 0 radical (unpaired) electrons. The van der Waals surface area contributed by atoms with Gasteiger partial charge < -0.3 is 18.9 Å². The number of rotatable bonds is 6. The second-order valence-electron chi connectivity index (χ2n) is 12.6. The summed E-state index contributed by atoms with van der Waals surface area (Å²) in [7, 11) is 0. The van der Waals surface area contributed by atoms with Crippen LogP contribution in [0.1, 0.15) is 96.4 Å². The molecule has 2 atom stereocenters. The van der Waals surface area contributed by atoms with E-state index in [-0.39, 0.29) is 13.0 Å². The molecule has 0 spiro atoms. The van der Waals surface area contributed by atoms with E-state index in [1.165, 1.54) is 0 Å². The van der Waals surface area contributed by atoms with Crippen LogP contribution in [0, 0.1) is 11.3 Å². The number of ether oxygens (including phenoxy) is 4. The van der Waals surface area contributed by atoms with E-state index < -0.39 is 58.3 Å². The van der Waals surface area contributed by atoms with Crippen molar-refractivity contribution in [3.63, 3.8) is 0 Å². The molecule has 0 saturated carbocycles. The lowest BCUT2D eigenvalue weighted by atomic mass is 9.97. The summed E-state index contributed by atoms with van der Waals surface area (Å²) in [6, 6.07) is -1.35. The Labute approximate surface area is 204 Å². The van der Waals surface area contributed by atoms with E-state index in [9.17, 15) is 19.2 Å². The van der Waals surface area contributed by atoms with Crippen molar-refractivity contribution in [3.05, 3.63) is 0 Å². The van der Waals surface area contributed by atoms with Crippen molar-refractivity contribution >= 4 is 24.1 Å². The van der Waals surface area contributed by atoms with Gasteiger partial charge in [-0.1, -0.05) is 6.92 Å². The average molecular weight is 488 g/mol. The summed E-state index contributed by atoms with van der Waals surface area (Å²) in [5.74, 6) is -1.58. The second-order valence-corrected chi connectivity index (χ2v) is 12.6. The molecule has 0 fully saturated rings. The SMILES string of the molecule is C[C@H](COC(=O)C(C)(C)C)C[C@@H](C(=O)OC(C)(C)C)N(C(=O)OC(C)(C)C)C(=O)OC(C)(C)C. The van der Waals surface area contributed by atoms with Crippen LogP contribution in [0.5, 0.6) is 0 Å². The summed E-state index contributed by atoms with van der Waals surface area (Å²) in [6.45, 7) is 21.9. The van der Waals surface area contributed by atoms with Crippen molar-refractivity contribution in [1.29, 1.82) is 0 Å². The lowest BCUT2D eigenvalue weighted by Crippen LogP contribution is -2.53. The molecule has 9 nitrogen and oxygen atoms in total. The number of hydrogen-bond donors (Lipinski definition) is 0. The van der Waals surface area contributed by atoms with Crippen LogP contribution in [0.15, 0.2) is 0 Å². The molecule has 9 heteroatoms. The summed E-state index contributed by atoms with van der Waals surface area (Å²) >= 11 is 0. The number of hydrogen-bond acceptors (Lipinski definition) is 8. The van der Waals surface area contributed by atoms with Gasteiger partial charge in [-0.15, -0.1) is 0 Å². The van der Waals surface area contributed by atoms with Crippen LogP contribution < -0.4 is 0 Å². The minimum atomic E-state index is -1.35. The van der Waals surface area contributed by atoms with Crippen molar-refractivity contribution in [3.8, 4) is 0 Å². The van der Waals surface area contributed by atoms with E-state index in [0.717, 1.165) is 0 Å². The first-order valence-electron chi connectivity index (χ1n) is 11.6. The third-order valence-corrected chi connectivity index (χ3v) is 3.91. The van der Waals surface area contributed by atoms with Crippen LogP contribution in [0.25, 0.3) is 0 Å². The molecule has 0 aliphatic rings. The van der Waals surface area contributed by atoms with Gasteiger partial charge in [0.25, 0.3) is 0 Å². The van der Waals surface area contributed by atoms with Gasteiger partial charge in [0.05, 0.1) is 12.0 Å². The monoisotopic (exact) mass is 487 g/mol. The average Bonchev–Trinajstić information content (AvgIpc) is 2.53. The molecule has 198 valence electrons. The largest absolute Gasteiger partial charge is 0.465 e.